The number of halogens is 3. The van der Waals surface area contributed by atoms with Crippen molar-refractivity contribution in [3.05, 3.63) is 77.4 Å². The fourth-order valence-electron chi connectivity index (χ4n) is 3.83. The van der Waals surface area contributed by atoms with Gasteiger partial charge in [-0.15, -0.1) is 13.2 Å². The number of fused-ring (bicyclic) bond motifs is 3. The zero-order chi connectivity index (χ0) is 19.7. The second-order valence-electron chi connectivity index (χ2n) is 7.22. The van der Waals surface area contributed by atoms with Gasteiger partial charge >= 0.3 is 6.36 Å². The fraction of sp³-hybridized carbons (Fsp3) is 0.250. The first-order valence-electron chi connectivity index (χ1n) is 9.54. The molecule has 0 amide bonds. The van der Waals surface area contributed by atoms with Crippen LogP contribution in [0.1, 0.15) is 36.5 Å². The van der Waals surface area contributed by atoms with Crippen LogP contribution in [-0.4, -0.2) is 6.36 Å². The van der Waals surface area contributed by atoms with E-state index < -0.39 is 6.36 Å². The van der Waals surface area contributed by atoms with Gasteiger partial charge in [0.15, 0.2) is 0 Å². The van der Waals surface area contributed by atoms with Gasteiger partial charge in [-0.25, -0.2) is 0 Å². The first-order valence-corrected chi connectivity index (χ1v) is 9.54. The Morgan fingerprint density at radius 1 is 0.821 bits per heavy atom. The minimum atomic E-state index is -4.67. The molecule has 3 aromatic carbocycles. The van der Waals surface area contributed by atoms with Gasteiger partial charge in [-0.1, -0.05) is 61.9 Å². The molecule has 0 radical (unpaired) electrons. The van der Waals surface area contributed by atoms with Gasteiger partial charge in [0.1, 0.15) is 5.75 Å². The predicted octanol–water partition coefficient (Wildman–Crippen LogP) is 7.17. The van der Waals surface area contributed by atoms with Gasteiger partial charge in [-0.2, -0.15) is 0 Å². The van der Waals surface area contributed by atoms with Gasteiger partial charge in [0, 0.05) is 0 Å². The Bertz CT molecular complexity index is 988. The van der Waals surface area contributed by atoms with E-state index >= 15 is 0 Å². The molecule has 1 aliphatic carbocycles. The summed E-state index contributed by atoms with van der Waals surface area (Å²) >= 11 is 0. The number of aryl methyl sites for hydroxylation is 1. The van der Waals surface area contributed by atoms with Crippen LogP contribution in [0.25, 0.3) is 22.3 Å². The van der Waals surface area contributed by atoms with Crippen LogP contribution in [0.4, 0.5) is 13.2 Å². The van der Waals surface area contributed by atoms with Crippen molar-refractivity contribution in [3.8, 4) is 28.0 Å². The van der Waals surface area contributed by atoms with Crippen molar-refractivity contribution in [1.82, 2.24) is 0 Å². The third-order valence-corrected chi connectivity index (χ3v) is 5.19. The molecule has 0 saturated carbocycles. The summed E-state index contributed by atoms with van der Waals surface area (Å²) in [5.41, 5.74) is 8.40. The van der Waals surface area contributed by atoms with Gasteiger partial charge in [-0.05, 0) is 70.3 Å². The number of hydrogen-bond acceptors (Lipinski definition) is 1. The zero-order valence-electron chi connectivity index (χ0n) is 15.6. The highest BCUT2D eigenvalue weighted by atomic mass is 19.4. The SMILES string of the molecule is CCCCc1ccc2c(c1)Cc1cc(-c3ccc(OC(F)(F)F)cc3)ccc1-2. The van der Waals surface area contributed by atoms with Gasteiger partial charge in [-0.3, -0.25) is 0 Å². The Balaban J connectivity index is 1.57. The highest BCUT2D eigenvalue weighted by Gasteiger charge is 2.31. The third-order valence-electron chi connectivity index (χ3n) is 5.19. The van der Waals surface area contributed by atoms with Crippen LogP contribution < -0.4 is 4.74 Å². The molecule has 4 rings (SSSR count). The highest BCUT2D eigenvalue weighted by Crippen LogP contribution is 2.39. The van der Waals surface area contributed by atoms with Crippen LogP contribution in [0.3, 0.4) is 0 Å². The molecule has 1 aliphatic rings. The van der Waals surface area contributed by atoms with E-state index in [1.54, 1.807) is 12.1 Å². The lowest BCUT2D eigenvalue weighted by Gasteiger charge is -2.10. The maximum absolute atomic E-state index is 12.3. The summed E-state index contributed by atoms with van der Waals surface area (Å²) in [7, 11) is 0. The Morgan fingerprint density at radius 2 is 1.46 bits per heavy atom. The summed E-state index contributed by atoms with van der Waals surface area (Å²) in [6.45, 7) is 2.20. The van der Waals surface area contributed by atoms with Crippen molar-refractivity contribution in [2.45, 2.75) is 39.0 Å². The lowest BCUT2D eigenvalue weighted by molar-refractivity contribution is -0.274. The summed E-state index contributed by atoms with van der Waals surface area (Å²) in [5, 5.41) is 0. The summed E-state index contributed by atoms with van der Waals surface area (Å²) in [6, 6.07) is 19.1. The maximum Gasteiger partial charge on any atom is 0.573 e. The molecule has 0 spiro atoms. The van der Waals surface area contributed by atoms with Gasteiger partial charge in [0.25, 0.3) is 0 Å². The molecule has 0 atom stereocenters. The molecule has 0 heterocycles. The Labute approximate surface area is 162 Å². The van der Waals surface area contributed by atoms with Gasteiger partial charge < -0.3 is 4.74 Å². The van der Waals surface area contributed by atoms with Crippen LogP contribution >= 0.6 is 0 Å². The number of unbranched alkanes of at least 4 members (excludes halogenated alkanes) is 1. The topological polar surface area (TPSA) is 9.23 Å². The smallest absolute Gasteiger partial charge is 0.406 e. The zero-order valence-corrected chi connectivity index (χ0v) is 15.6. The van der Waals surface area contributed by atoms with Crippen molar-refractivity contribution in [2.24, 2.45) is 0 Å². The summed E-state index contributed by atoms with van der Waals surface area (Å²) in [5.74, 6) is -0.204. The standard InChI is InChI=1S/C24H21F3O/c1-2-3-4-16-5-11-22-19(13-16)15-20-14-18(8-12-23(20)22)17-6-9-21(10-7-17)28-24(25,26)27/h5-14H,2-4,15H2,1H3. The van der Waals surface area contributed by atoms with Crippen molar-refractivity contribution < 1.29 is 17.9 Å². The average molecular weight is 382 g/mol. The van der Waals surface area contributed by atoms with E-state index in [0.717, 1.165) is 24.0 Å². The molecule has 3 aromatic rings. The number of rotatable bonds is 5. The molecule has 0 aromatic heterocycles. The minimum absolute atomic E-state index is 0.204. The summed E-state index contributed by atoms with van der Waals surface area (Å²) in [6.07, 6.45) is -0.278. The van der Waals surface area contributed by atoms with Crippen molar-refractivity contribution in [1.29, 1.82) is 0 Å². The molecule has 0 N–H and O–H groups in total. The quantitative estimate of drug-likeness (QED) is 0.356. The second kappa shape index (κ2) is 7.34. The molecule has 0 aliphatic heterocycles. The normalized spacial score (nSPS) is 12.6. The fourth-order valence-corrected chi connectivity index (χ4v) is 3.83. The van der Waals surface area contributed by atoms with Crippen LogP contribution in [0.15, 0.2) is 60.7 Å². The molecule has 0 fully saturated rings. The number of ether oxygens (including phenoxy) is 1. The maximum atomic E-state index is 12.3. The summed E-state index contributed by atoms with van der Waals surface area (Å²) < 4.78 is 40.9. The van der Waals surface area contributed by atoms with E-state index in [2.05, 4.69) is 42.0 Å². The molecule has 28 heavy (non-hydrogen) atoms. The van der Waals surface area contributed by atoms with Crippen LogP contribution in [0, 0.1) is 0 Å². The second-order valence-corrected chi connectivity index (χ2v) is 7.22. The number of hydrogen-bond donors (Lipinski definition) is 0. The van der Waals surface area contributed by atoms with Gasteiger partial charge in [0.05, 0.1) is 0 Å². The number of alkyl halides is 3. The Kier molecular flexibility index (Phi) is 4.88. The summed E-state index contributed by atoms with van der Waals surface area (Å²) in [4.78, 5) is 0. The lowest BCUT2D eigenvalue weighted by atomic mass is 9.98. The molecule has 1 nitrogen and oxygen atoms in total. The number of benzene rings is 3. The monoisotopic (exact) mass is 382 g/mol. The molecular weight excluding hydrogens is 361 g/mol. The van der Waals surface area contributed by atoms with E-state index in [1.165, 1.54) is 52.8 Å². The van der Waals surface area contributed by atoms with Crippen LogP contribution in [-0.2, 0) is 12.8 Å². The lowest BCUT2D eigenvalue weighted by Crippen LogP contribution is -2.16. The van der Waals surface area contributed by atoms with Crippen molar-refractivity contribution in [2.75, 3.05) is 0 Å². The van der Waals surface area contributed by atoms with E-state index in [1.807, 2.05) is 6.07 Å². The van der Waals surface area contributed by atoms with E-state index in [9.17, 15) is 13.2 Å². The Hall–Kier alpha value is -2.75. The Morgan fingerprint density at radius 3 is 2.14 bits per heavy atom. The van der Waals surface area contributed by atoms with Crippen molar-refractivity contribution in [3.63, 3.8) is 0 Å². The van der Waals surface area contributed by atoms with E-state index in [0.29, 0.717) is 0 Å². The molecular formula is C24H21F3O. The largest absolute Gasteiger partial charge is 0.573 e. The molecule has 0 unspecified atom stereocenters. The third kappa shape index (κ3) is 3.91. The average Bonchev–Trinajstić information content (AvgIpc) is 3.02. The van der Waals surface area contributed by atoms with E-state index in [-0.39, 0.29) is 5.75 Å². The van der Waals surface area contributed by atoms with Gasteiger partial charge in [0.2, 0.25) is 0 Å². The molecule has 0 bridgehead atoms. The highest BCUT2D eigenvalue weighted by molar-refractivity contribution is 5.80. The minimum Gasteiger partial charge on any atom is -0.406 e. The predicted molar refractivity (Wildman–Crippen MR) is 105 cm³/mol. The molecule has 4 heteroatoms. The van der Waals surface area contributed by atoms with E-state index in [4.69, 9.17) is 0 Å². The first kappa shape index (κ1) is 18.6. The van der Waals surface area contributed by atoms with Crippen LogP contribution in [0.2, 0.25) is 0 Å². The molecule has 0 saturated heterocycles. The van der Waals surface area contributed by atoms with Crippen LogP contribution in [0.5, 0.6) is 5.75 Å². The molecule has 144 valence electrons. The van der Waals surface area contributed by atoms with Crippen molar-refractivity contribution >= 4 is 0 Å². The first-order chi connectivity index (χ1) is 13.4.